The van der Waals surface area contributed by atoms with Crippen LogP contribution in [0.15, 0.2) is 41.3 Å². The van der Waals surface area contributed by atoms with Crippen LogP contribution in [-0.4, -0.2) is 79.5 Å². The second kappa shape index (κ2) is 11.7. The molecule has 3 heterocycles. The molecule has 2 N–H and O–H groups in total. The van der Waals surface area contributed by atoms with Gasteiger partial charge in [0.05, 0.1) is 11.0 Å². The summed E-state index contributed by atoms with van der Waals surface area (Å²) in [4.78, 5) is 30.0. The van der Waals surface area contributed by atoms with Gasteiger partial charge in [0, 0.05) is 48.4 Å². The minimum Gasteiger partial charge on any atom is -0.444 e. The zero-order valence-electron chi connectivity index (χ0n) is 23.6. The summed E-state index contributed by atoms with van der Waals surface area (Å²) in [7, 11) is -3.53. The normalized spacial score (nSPS) is 23.7. The molecule has 1 aromatic heterocycles. The number of nitrogens with one attached hydrogen (secondary N) is 2. The van der Waals surface area contributed by atoms with Gasteiger partial charge >= 0.3 is 6.09 Å². The molecule has 5 rings (SSSR count). The smallest absolute Gasteiger partial charge is 0.411 e. The number of hydrogen-bond acceptors (Lipinski definition) is 8. The Labute approximate surface area is 245 Å². The topological polar surface area (TPSA) is 132 Å². The number of nitrogens with zero attached hydrogens (tertiary/aromatic N) is 3. The molecular formula is C29H37N5O5S2. The Bertz CT molecular complexity index is 1420. The van der Waals surface area contributed by atoms with Gasteiger partial charge in [0.2, 0.25) is 15.9 Å². The quantitative estimate of drug-likeness (QED) is 0.499. The minimum atomic E-state index is -3.53. The number of carbonyl (C=O) groups is 2. The first kappa shape index (κ1) is 29.5. The van der Waals surface area contributed by atoms with Gasteiger partial charge in [-0.1, -0.05) is 12.1 Å². The molecule has 2 aromatic rings. The maximum absolute atomic E-state index is 13.4. The zero-order valence-corrected chi connectivity index (χ0v) is 25.3. The molecule has 4 atom stereocenters. The highest BCUT2D eigenvalue weighted by molar-refractivity contribution is 7.89. The molecule has 1 saturated carbocycles. The van der Waals surface area contributed by atoms with E-state index in [2.05, 4.69) is 16.7 Å². The molecule has 12 heteroatoms. The van der Waals surface area contributed by atoms with Gasteiger partial charge in [-0.25, -0.2) is 13.2 Å². The fourth-order valence-corrected chi connectivity index (χ4v) is 8.46. The summed E-state index contributed by atoms with van der Waals surface area (Å²) in [6.45, 7) is 7.61. The number of thiophene rings is 1. The van der Waals surface area contributed by atoms with Crippen molar-refractivity contribution in [2.45, 2.75) is 75.1 Å². The minimum absolute atomic E-state index is 0.00998. The van der Waals surface area contributed by atoms with Crippen LogP contribution >= 0.6 is 11.3 Å². The number of piperidine rings is 1. The summed E-state index contributed by atoms with van der Waals surface area (Å²) in [6, 6.07) is 11.5. The van der Waals surface area contributed by atoms with Crippen molar-refractivity contribution in [3.8, 4) is 16.5 Å². The SMILES string of the molecule is CC(C)(C)OC(=O)N1[C@@H]2CC[C@@H](C2)[C@H]1C(=O)N[C@H](C#N)Cc1ccc(-c2ccc(S(=O)(=O)N3CCNCC3)cc2)s1. The Kier molecular flexibility index (Phi) is 8.43. The number of ether oxygens (including phenoxy) is 1. The monoisotopic (exact) mass is 599 g/mol. The highest BCUT2D eigenvalue weighted by atomic mass is 32.2. The lowest BCUT2D eigenvalue weighted by Gasteiger charge is -2.35. The average molecular weight is 600 g/mol. The molecule has 2 aliphatic heterocycles. The van der Waals surface area contributed by atoms with E-state index in [1.54, 1.807) is 49.9 Å². The Morgan fingerprint density at radius 3 is 2.51 bits per heavy atom. The molecule has 220 valence electrons. The number of carbonyl (C=O) groups excluding carboxylic acids is 2. The predicted molar refractivity (Wildman–Crippen MR) is 156 cm³/mol. The Hall–Kier alpha value is -2.98. The Balaban J connectivity index is 1.23. The number of rotatable bonds is 7. The van der Waals surface area contributed by atoms with E-state index >= 15 is 0 Å². The van der Waals surface area contributed by atoms with Gasteiger partial charge in [-0.05, 0) is 75.8 Å². The summed E-state index contributed by atoms with van der Waals surface area (Å²) < 4.78 is 33.0. The van der Waals surface area contributed by atoms with Gasteiger partial charge < -0.3 is 15.4 Å². The highest BCUT2D eigenvalue weighted by Gasteiger charge is 2.52. The molecule has 2 bridgehead atoms. The third-order valence-corrected chi connectivity index (χ3v) is 10.9. The number of sulfonamides is 1. The van der Waals surface area contributed by atoms with Crippen LogP contribution in [0.5, 0.6) is 0 Å². The van der Waals surface area contributed by atoms with Gasteiger partial charge in [-0.2, -0.15) is 9.57 Å². The molecule has 0 spiro atoms. The number of nitriles is 1. The molecule has 10 nitrogen and oxygen atoms in total. The number of likely N-dealkylation sites (tertiary alicyclic amines) is 1. The van der Waals surface area contributed by atoms with Crippen LogP contribution in [0.4, 0.5) is 4.79 Å². The predicted octanol–water partition coefficient (Wildman–Crippen LogP) is 3.35. The summed E-state index contributed by atoms with van der Waals surface area (Å²) in [5.41, 5.74) is 0.221. The van der Waals surface area contributed by atoms with Crippen LogP contribution in [0.1, 0.15) is 44.9 Å². The lowest BCUT2D eigenvalue weighted by atomic mass is 9.97. The zero-order chi connectivity index (χ0) is 29.4. The van der Waals surface area contributed by atoms with Crippen molar-refractivity contribution >= 4 is 33.4 Å². The van der Waals surface area contributed by atoms with E-state index in [9.17, 15) is 23.3 Å². The Morgan fingerprint density at radius 1 is 1.15 bits per heavy atom. The average Bonchev–Trinajstić information content (AvgIpc) is 3.69. The standard InChI is InChI=1S/C29H37N5O5S2/c1-29(2,3)39-28(36)34-22-7-4-20(16-22)26(34)27(35)32-21(18-30)17-23-8-11-25(40-23)19-5-9-24(10-6-19)41(37,38)33-14-12-31-13-15-33/h5-6,8-11,20-22,26,31H,4,7,12-17H2,1-3H3,(H,32,35)/t20-,21-,22+,26-/m0/s1. The van der Waals surface area contributed by atoms with E-state index < -0.39 is 33.8 Å². The first-order chi connectivity index (χ1) is 19.5. The fraction of sp³-hybridized carbons (Fsp3) is 0.552. The van der Waals surface area contributed by atoms with Crippen LogP contribution in [0, 0.1) is 17.2 Å². The first-order valence-electron chi connectivity index (χ1n) is 14.1. The lowest BCUT2D eigenvalue weighted by molar-refractivity contribution is -0.128. The number of hydrogen-bond donors (Lipinski definition) is 2. The molecule has 1 aliphatic carbocycles. The molecule has 0 radical (unpaired) electrons. The second-order valence-corrected chi connectivity index (χ2v) is 15.0. The van der Waals surface area contributed by atoms with Crippen molar-refractivity contribution in [1.29, 1.82) is 5.26 Å². The van der Waals surface area contributed by atoms with E-state index in [0.717, 1.165) is 34.6 Å². The van der Waals surface area contributed by atoms with Crippen molar-refractivity contribution < 1.29 is 22.7 Å². The van der Waals surface area contributed by atoms with E-state index in [-0.39, 0.29) is 22.8 Å². The molecule has 3 aliphatic rings. The molecule has 0 unspecified atom stereocenters. The largest absolute Gasteiger partial charge is 0.444 e. The number of fused-ring (bicyclic) bond motifs is 2. The van der Waals surface area contributed by atoms with E-state index in [0.29, 0.717) is 32.6 Å². The third kappa shape index (κ3) is 6.43. The second-order valence-electron chi connectivity index (χ2n) is 11.9. The molecule has 1 aromatic carbocycles. The van der Waals surface area contributed by atoms with Crippen LogP contribution in [0.2, 0.25) is 0 Å². The van der Waals surface area contributed by atoms with Crippen molar-refractivity contribution in [2.24, 2.45) is 5.92 Å². The summed E-state index contributed by atoms with van der Waals surface area (Å²) >= 11 is 1.50. The number of piperazine rings is 1. The van der Waals surface area contributed by atoms with Crippen LogP contribution in [-0.2, 0) is 26.0 Å². The maximum atomic E-state index is 13.4. The lowest BCUT2D eigenvalue weighted by Crippen LogP contribution is -2.55. The third-order valence-electron chi connectivity index (χ3n) is 7.85. The summed E-state index contributed by atoms with van der Waals surface area (Å²) in [6.07, 6.45) is 2.36. The molecule has 2 saturated heterocycles. The molecule has 41 heavy (non-hydrogen) atoms. The summed E-state index contributed by atoms with van der Waals surface area (Å²) in [5.74, 6) is -0.244. The molecule has 2 amide bonds. The van der Waals surface area contributed by atoms with Crippen molar-refractivity contribution in [2.75, 3.05) is 26.2 Å². The first-order valence-corrected chi connectivity index (χ1v) is 16.3. The van der Waals surface area contributed by atoms with Crippen molar-refractivity contribution in [3.63, 3.8) is 0 Å². The highest BCUT2D eigenvalue weighted by Crippen LogP contribution is 2.43. The number of benzene rings is 1. The van der Waals surface area contributed by atoms with E-state index in [1.165, 1.54) is 15.6 Å². The van der Waals surface area contributed by atoms with Gasteiger partial charge in [-0.15, -0.1) is 11.3 Å². The van der Waals surface area contributed by atoms with E-state index in [4.69, 9.17) is 4.74 Å². The van der Waals surface area contributed by atoms with Crippen molar-refractivity contribution in [1.82, 2.24) is 19.8 Å². The van der Waals surface area contributed by atoms with Crippen LogP contribution < -0.4 is 10.6 Å². The molecular weight excluding hydrogens is 562 g/mol. The molecule has 3 fully saturated rings. The maximum Gasteiger partial charge on any atom is 0.411 e. The van der Waals surface area contributed by atoms with Gasteiger partial charge in [-0.3, -0.25) is 9.69 Å². The fourth-order valence-electron chi connectivity index (χ4n) is 5.96. The van der Waals surface area contributed by atoms with Gasteiger partial charge in [0.25, 0.3) is 0 Å². The van der Waals surface area contributed by atoms with E-state index in [1.807, 2.05) is 12.1 Å². The van der Waals surface area contributed by atoms with Gasteiger partial charge in [0.15, 0.2) is 0 Å². The number of amides is 2. The van der Waals surface area contributed by atoms with Crippen LogP contribution in [0.25, 0.3) is 10.4 Å². The summed E-state index contributed by atoms with van der Waals surface area (Å²) in [5, 5.41) is 15.9. The Morgan fingerprint density at radius 2 is 1.85 bits per heavy atom. The van der Waals surface area contributed by atoms with Crippen LogP contribution in [0.3, 0.4) is 0 Å². The van der Waals surface area contributed by atoms with Gasteiger partial charge in [0.1, 0.15) is 17.7 Å². The van der Waals surface area contributed by atoms with Crippen molar-refractivity contribution in [3.05, 3.63) is 41.3 Å².